The first-order valence-electron chi connectivity index (χ1n) is 9.75. The molecule has 0 N–H and O–H groups in total. The Hall–Kier alpha value is -2.82. The van der Waals surface area contributed by atoms with Gasteiger partial charge < -0.3 is 14.7 Å². The summed E-state index contributed by atoms with van der Waals surface area (Å²) in [6.07, 6.45) is 0. The third kappa shape index (κ3) is 4.03. The zero-order valence-corrected chi connectivity index (χ0v) is 17.2. The fourth-order valence-corrected chi connectivity index (χ4v) is 3.67. The van der Waals surface area contributed by atoms with Gasteiger partial charge >= 0.3 is 0 Å². The first-order chi connectivity index (χ1) is 13.3. The van der Waals surface area contributed by atoms with E-state index in [0.29, 0.717) is 13.1 Å². The van der Waals surface area contributed by atoms with Crippen molar-refractivity contribution >= 4 is 23.2 Å². The van der Waals surface area contributed by atoms with E-state index in [2.05, 4.69) is 36.1 Å². The van der Waals surface area contributed by atoms with E-state index in [1.54, 1.807) is 25.8 Å². The maximum Gasteiger partial charge on any atom is 0.241 e. The molecule has 0 radical (unpaired) electrons. The van der Waals surface area contributed by atoms with Gasteiger partial charge in [-0.2, -0.15) is 0 Å². The summed E-state index contributed by atoms with van der Waals surface area (Å²) in [7, 11) is 1.72. The minimum Gasteiger partial charge on any atom is -0.368 e. The largest absolute Gasteiger partial charge is 0.368 e. The number of hydrogen-bond acceptors (Lipinski definition) is 3. The van der Waals surface area contributed by atoms with Crippen LogP contribution < -0.4 is 9.80 Å². The smallest absolute Gasteiger partial charge is 0.241 e. The average molecular weight is 380 g/mol. The number of piperazine rings is 1. The third-order valence-electron chi connectivity index (χ3n) is 5.45. The fourth-order valence-electron chi connectivity index (χ4n) is 3.67. The molecule has 1 fully saturated rings. The number of amides is 2. The van der Waals surface area contributed by atoms with Gasteiger partial charge in [0.2, 0.25) is 11.8 Å². The van der Waals surface area contributed by atoms with Crippen LogP contribution in [0.3, 0.4) is 0 Å². The Morgan fingerprint density at radius 2 is 1.57 bits per heavy atom. The van der Waals surface area contributed by atoms with Crippen molar-refractivity contribution in [3.63, 3.8) is 0 Å². The molecule has 0 aromatic heterocycles. The zero-order chi connectivity index (χ0) is 20.3. The topological polar surface area (TPSA) is 43.9 Å². The molecule has 5 nitrogen and oxygen atoms in total. The second kappa shape index (κ2) is 8.05. The van der Waals surface area contributed by atoms with E-state index < -0.39 is 5.41 Å². The SMILES string of the molecule is Cc1cccc(N2CCN(C(=O)C(C)(C)C(=O)N(C)c3ccccc3)CC2)c1. The first-order valence-corrected chi connectivity index (χ1v) is 9.75. The predicted molar refractivity (Wildman–Crippen MR) is 114 cm³/mol. The molecule has 2 aromatic rings. The van der Waals surface area contributed by atoms with Crippen LogP contribution in [0.2, 0.25) is 0 Å². The maximum atomic E-state index is 13.2. The standard InChI is InChI=1S/C23H29N3O2/c1-18-9-8-12-20(17-18)25-13-15-26(16-14-25)22(28)23(2,3)21(27)24(4)19-10-6-5-7-11-19/h5-12,17H,13-16H2,1-4H3. The summed E-state index contributed by atoms with van der Waals surface area (Å²) in [5.74, 6) is -0.297. The Kier molecular flexibility index (Phi) is 5.73. The van der Waals surface area contributed by atoms with Gasteiger partial charge in [-0.05, 0) is 50.6 Å². The lowest BCUT2D eigenvalue weighted by atomic mass is 9.89. The molecule has 0 unspecified atom stereocenters. The van der Waals surface area contributed by atoms with Crippen molar-refractivity contribution in [2.24, 2.45) is 5.41 Å². The Morgan fingerprint density at radius 1 is 0.929 bits per heavy atom. The molecule has 0 saturated carbocycles. The highest BCUT2D eigenvalue weighted by atomic mass is 16.2. The molecule has 28 heavy (non-hydrogen) atoms. The number of carbonyl (C=O) groups is 2. The molecule has 3 rings (SSSR count). The zero-order valence-electron chi connectivity index (χ0n) is 17.2. The van der Waals surface area contributed by atoms with Crippen molar-refractivity contribution in [3.8, 4) is 0 Å². The van der Waals surface area contributed by atoms with Crippen LogP contribution in [-0.4, -0.2) is 49.9 Å². The van der Waals surface area contributed by atoms with Crippen LogP contribution in [0, 0.1) is 12.3 Å². The van der Waals surface area contributed by atoms with Crippen LogP contribution in [0.5, 0.6) is 0 Å². The number of rotatable bonds is 4. The summed E-state index contributed by atoms with van der Waals surface area (Å²) >= 11 is 0. The van der Waals surface area contributed by atoms with Crippen molar-refractivity contribution in [2.75, 3.05) is 43.0 Å². The molecular weight excluding hydrogens is 350 g/mol. The average Bonchev–Trinajstić information content (AvgIpc) is 2.72. The molecule has 1 aliphatic rings. The summed E-state index contributed by atoms with van der Waals surface area (Å²) < 4.78 is 0. The number of aryl methyl sites for hydroxylation is 1. The van der Waals surface area contributed by atoms with Crippen LogP contribution in [0.4, 0.5) is 11.4 Å². The summed E-state index contributed by atoms with van der Waals surface area (Å²) in [5.41, 5.74) is 2.10. The highest BCUT2D eigenvalue weighted by Gasteiger charge is 2.42. The molecule has 1 saturated heterocycles. The van der Waals surface area contributed by atoms with Gasteiger partial charge in [0, 0.05) is 44.6 Å². The molecular formula is C23H29N3O2. The number of carbonyl (C=O) groups excluding carboxylic acids is 2. The van der Waals surface area contributed by atoms with E-state index in [9.17, 15) is 9.59 Å². The summed E-state index contributed by atoms with van der Waals surface area (Å²) in [4.78, 5) is 31.9. The Bertz CT molecular complexity index is 840. The minimum atomic E-state index is -1.10. The summed E-state index contributed by atoms with van der Waals surface area (Å²) in [6, 6.07) is 17.8. The van der Waals surface area contributed by atoms with Crippen molar-refractivity contribution in [2.45, 2.75) is 20.8 Å². The van der Waals surface area contributed by atoms with Gasteiger partial charge in [0.1, 0.15) is 5.41 Å². The van der Waals surface area contributed by atoms with E-state index >= 15 is 0 Å². The number of anilines is 2. The van der Waals surface area contributed by atoms with Gasteiger partial charge in [0.15, 0.2) is 0 Å². The van der Waals surface area contributed by atoms with E-state index in [1.807, 2.05) is 35.2 Å². The quantitative estimate of drug-likeness (QED) is 0.766. The van der Waals surface area contributed by atoms with Crippen LogP contribution >= 0.6 is 0 Å². The number of benzene rings is 2. The summed E-state index contributed by atoms with van der Waals surface area (Å²) in [5, 5.41) is 0. The Balaban J connectivity index is 1.65. The Morgan fingerprint density at radius 3 is 2.18 bits per heavy atom. The van der Waals surface area contributed by atoms with Crippen molar-refractivity contribution < 1.29 is 9.59 Å². The molecule has 1 heterocycles. The van der Waals surface area contributed by atoms with E-state index in [1.165, 1.54) is 11.3 Å². The van der Waals surface area contributed by atoms with Crippen molar-refractivity contribution in [1.29, 1.82) is 0 Å². The van der Waals surface area contributed by atoms with Gasteiger partial charge in [0.25, 0.3) is 0 Å². The lowest BCUT2D eigenvalue weighted by Gasteiger charge is -2.40. The minimum absolute atomic E-state index is 0.107. The molecule has 2 amide bonds. The molecule has 1 aliphatic heterocycles. The van der Waals surface area contributed by atoms with Gasteiger partial charge in [-0.3, -0.25) is 9.59 Å². The van der Waals surface area contributed by atoms with Crippen LogP contribution in [0.1, 0.15) is 19.4 Å². The number of hydrogen-bond donors (Lipinski definition) is 0. The van der Waals surface area contributed by atoms with E-state index in [0.717, 1.165) is 18.8 Å². The number of para-hydroxylation sites is 1. The van der Waals surface area contributed by atoms with Crippen molar-refractivity contribution in [3.05, 3.63) is 60.2 Å². The lowest BCUT2D eigenvalue weighted by Crippen LogP contribution is -2.55. The van der Waals surface area contributed by atoms with Crippen LogP contribution in [0.15, 0.2) is 54.6 Å². The molecule has 0 aliphatic carbocycles. The van der Waals surface area contributed by atoms with Gasteiger partial charge in [-0.25, -0.2) is 0 Å². The fraction of sp³-hybridized carbons (Fsp3) is 0.391. The molecule has 0 atom stereocenters. The molecule has 5 heteroatoms. The molecule has 2 aromatic carbocycles. The normalized spacial score (nSPS) is 14.7. The van der Waals surface area contributed by atoms with Crippen LogP contribution in [-0.2, 0) is 9.59 Å². The van der Waals surface area contributed by atoms with Gasteiger partial charge in [-0.15, -0.1) is 0 Å². The summed E-state index contributed by atoms with van der Waals surface area (Å²) in [6.45, 7) is 8.33. The predicted octanol–water partition coefficient (Wildman–Crippen LogP) is 3.33. The van der Waals surface area contributed by atoms with E-state index in [4.69, 9.17) is 0 Å². The number of nitrogens with zero attached hydrogens (tertiary/aromatic N) is 3. The Labute approximate surface area is 167 Å². The lowest BCUT2D eigenvalue weighted by molar-refractivity contribution is -0.147. The monoisotopic (exact) mass is 379 g/mol. The highest BCUT2D eigenvalue weighted by Crippen LogP contribution is 2.26. The van der Waals surface area contributed by atoms with Crippen molar-refractivity contribution in [1.82, 2.24) is 4.90 Å². The first kappa shape index (κ1) is 19.9. The van der Waals surface area contributed by atoms with Crippen LogP contribution in [0.25, 0.3) is 0 Å². The van der Waals surface area contributed by atoms with Gasteiger partial charge in [-0.1, -0.05) is 30.3 Å². The van der Waals surface area contributed by atoms with Gasteiger partial charge in [0.05, 0.1) is 0 Å². The second-order valence-corrected chi connectivity index (χ2v) is 7.94. The second-order valence-electron chi connectivity index (χ2n) is 7.94. The molecule has 0 spiro atoms. The third-order valence-corrected chi connectivity index (χ3v) is 5.45. The highest BCUT2D eigenvalue weighted by molar-refractivity contribution is 6.10. The molecule has 148 valence electrons. The molecule has 0 bridgehead atoms. The maximum absolute atomic E-state index is 13.2. The van der Waals surface area contributed by atoms with E-state index in [-0.39, 0.29) is 11.8 Å².